The van der Waals surface area contributed by atoms with Crippen LogP contribution in [0.25, 0.3) is 0 Å². The molecule has 0 bridgehead atoms. The van der Waals surface area contributed by atoms with Gasteiger partial charge < -0.3 is 4.84 Å². The van der Waals surface area contributed by atoms with E-state index in [1.165, 1.54) is 6.07 Å². The van der Waals surface area contributed by atoms with E-state index < -0.39 is 11.9 Å². The topological polar surface area (TPSA) is 46.6 Å². The second-order valence-electron chi connectivity index (χ2n) is 4.48. The number of carbonyl (C=O) groups excluding carboxylic acids is 2. The van der Waals surface area contributed by atoms with E-state index >= 15 is 0 Å². The fourth-order valence-corrected chi connectivity index (χ4v) is 2.02. The molecule has 1 fully saturated rings. The molecule has 2 rings (SSSR count). The highest BCUT2D eigenvalue weighted by Crippen LogP contribution is 2.33. The molecule has 0 atom stereocenters. The first-order valence-electron chi connectivity index (χ1n) is 6.03. The Kier molecular flexibility index (Phi) is 4.66. The van der Waals surface area contributed by atoms with Gasteiger partial charge in [0.1, 0.15) is 0 Å². The van der Waals surface area contributed by atoms with Gasteiger partial charge in [-0.2, -0.15) is 0 Å². The first kappa shape index (κ1) is 14.2. The van der Waals surface area contributed by atoms with Crippen LogP contribution >= 0.6 is 23.4 Å². The maximum atomic E-state index is 11.9. The fourth-order valence-electron chi connectivity index (χ4n) is 1.63. The van der Waals surface area contributed by atoms with Crippen molar-refractivity contribution in [2.75, 3.05) is 0 Å². The lowest BCUT2D eigenvalue weighted by Crippen LogP contribution is -2.25. The van der Waals surface area contributed by atoms with Gasteiger partial charge in [0, 0.05) is 6.42 Å². The Morgan fingerprint density at radius 1 is 1.32 bits per heavy atom. The molecular formula is C13H13Cl2NO3. The van der Waals surface area contributed by atoms with Crippen LogP contribution < -0.4 is 0 Å². The van der Waals surface area contributed by atoms with Gasteiger partial charge in [0.05, 0.1) is 22.4 Å². The molecule has 0 heterocycles. The van der Waals surface area contributed by atoms with Crippen LogP contribution in [0.5, 0.6) is 0 Å². The lowest BCUT2D eigenvalue weighted by atomic mass is 10.2. The molecule has 0 aromatic heterocycles. The van der Waals surface area contributed by atoms with E-state index in [0.29, 0.717) is 10.5 Å². The zero-order chi connectivity index (χ0) is 13.8. The summed E-state index contributed by atoms with van der Waals surface area (Å²) in [5, 5.41) is 0.257. The van der Waals surface area contributed by atoms with Crippen molar-refractivity contribution in [2.24, 2.45) is 5.92 Å². The molecule has 1 aliphatic rings. The second-order valence-corrected chi connectivity index (χ2v) is 5.19. The zero-order valence-electron chi connectivity index (χ0n) is 10.1. The molecular weight excluding hydrogens is 289 g/mol. The molecule has 0 saturated heterocycles. The number of hydrogen-bond donors (Lipinski definition) is 0. The third kappa shape index (κ3) is 4.11. The van der Waals surface area contributed by atoms with Crippen LogP contribution in [0.15, 0.2) is 24.3 Å². The van der Waals surface area contributed by atoms with Gasteiger partial charge in [0.15, 0.2) is 0 Å². The molecule has 4 nitrogen and oxygen atoms in total. The van der Waals surface area contributed by atoms with Crippen molar-refractivity contribution in [2.45, 2.75) is 25.7 Å². The average Bonchev–Trinajstić information content (AvgIpc) is 3.20. The van der Waals surface area contributed by atoms with Crippen molar-refractivity contribution in [3.05, 3.63) is 34.9 Å². The number of rotatable bonds is 4. The highest BCUT2D eigenvalue weighted by molar-refractivity contribution is 6.35. The van der Waals surface area contributed by atoms with Crippen molar-refractivity contribution < 1.29 is 14.4 Å². The first-order chi connectivity index (χ1) is 9.08. The number of carbonyl (C=O) groups is 2. The molecule has 1 aromatic rings. The Bertz CT molecular complexity index is 489. The molecule has 1 saturated carbocycles. The van der Waals surface area contributed by atoms with E-state index in [2.05, 4.69) is 0 Å². The van der Waals surface area contributed by atoms with Gasteiger partial charge in [-0.15, -0.1) is 0 Å². The standard InChI is InChI=1S/C13H13Cl2NO3/c14-11-4-2-1-3-10(11)13(18)16(15)19-12(17)8-7-9-5-6-9/h1-4,9H,5-8H2. The van der Waals surface area contributed by atoms with Crippen LogP contribution in [0.3, 0.4) is 0 Å². The quantitative estimate of drug-likeness (QED) is 0.631. The maximum Gasteiger partial charge on any atom is 0.334 e. The molecule has 0 spiro atoms. The molecule has 0 unspecified atom stereocenters. The smallest absolute Gasteiger partial charge is 0.322 e. The summed E-state index contributed by atoms with van der Waals surface area (Å²) in [5.41, 5.74) is 0.189. The number of hydrogen-bond acceptors (Lipinski definition) is 3. The number of nitrogens with zero attached hydrogens (tertiary/aromatic N) is 1. The zero-order valence-corrected chi connectivity index (χ0v) is 11.7. The summed E-state index contributed by atoms with van der Waals surface area (Å²) in [6.45, 7) is 0. The van der Waals surface area contributed by atoms with Crippen LogP contribution in [0.2, 0.25) is 5.02 Å². The molecule has 19 heavy (non-hydrogen) atoms. The molecule has 1 aromatic carbocycles. The van der Waals surface area contributed by atoms with Crippen molar-refractivity contribution in [1.29, 1.82) is 0 Å². The highest BCUT2D eigenvalue weighted by Gasteiger charge is 2.24. The minimum Gasteiger partial charge on any atom is -0.322 e. The summed E-state index contributed by atoms with van der Waals surface area (Å²) in [5.74, 6) is -0.551. The number of amides is 1. The summed E-state index contributed by atoms with van der Waals surface area (Å²) in [6.07, 6.45) is 3.38. The van der Waals surface area contributed by atoms with Gasteiger partial charge in [-0.05, 0) is 24.5 Å². The summed E-state index contributed by atoms with van der Waals surface area (Å²) in [4.78, 5) is 28.1. The molecule has 1 aliphatic carbocycles. The maximum absolute atomic E-state index is 11.9. The minimum absolute atomic E-state index is 0.189. The first-order valence-corrected chi connectivity index (χ1v) is 6.75. The van der Waals surface area contributed by atoms with Crippen LogP contribution in [-0.2, 0) is 9.63 Å². The van der Waals surface area contributed by atoms with E-state index in [1.807, 2.05) is 0 Å². The van der Waals surface area contributed by atoms with Gasteiger partial charge >= 0.3 is 11.9 Å². The van der Waals surface area contributed by atoms with E-state index in [1.54, 1.807) is 18.2 Å². The van der Waals surface area contributed by atoms with Crippen LogP contribution in [0, 0.1) is 5.92 Å². The summed E-state index contributed by atoms with van der Waals surface area (Å²) >= 11 is 11.5. The lowest BCUT2D eigenvalue weighted by molar-refractivity contribution is -0.163. The van der Waals surface area contributed by atoms with Crippen molar-refractivity contribution >= 4 is 35.3 Å². The molecule has 102 valence electrons. The van der Waals surface area contributed by atoms with Gasteiger partial charge in [0.25, 0.3) is 0 Å². The predicted molar refractivity (Wildman–Crippen MR) is 71.5 cm³/mol. The summed E-state index contributed by atoms with van der Waals surface area (Å²) < 4.78 is 0.413. The third-order valence-corrected chi connectivity index (χ3v) is 3.45. The normalized spacial score (nSPS) is 14.0. The van der Waals surface area contributed by atoms with Gasteiger partial charge in [-0.25, -0.2) is 4.79 Å². The summed E-state index contributed by atoms with van der Waals surface area (Å²) in [6, 6.07) is 6.42. The van der Waals surface area contributed by atoms with Crippen molar-refractivity contribution in [3.8, 4) is 0 Å². The molecule has 0 radical (unpaired) electrons. The Labute approximate surface area is 121 Å². The van der Waals surface area contributed by atoms with Crippen molar-refractivity contribution in [3.63, 3.8) is 0 Å². The van der Waals surface area contributed by atoms with E-state index in [4.69, 9.17) is 28.2 Å². The SMILES string of the molecule is O=C(CCC1CC1)ON(Cl)C(=O)c1ccccc1Cl. The van der Waals surface area contributed by atoms with Gasteiger partial charge in [0.2, 0.25) is 0 Å². The number of hydroxylamine groups is 1. The molecule has 0 aliphatic heterocycles. The number of benzene rings is 1. The Hall–Kier alpha value is -1.26. The summed E-state index contributed by atoms with van der Waals surface area (Å²) in [7, 11) is 0. The third-order valence-electron chi connectivity index (χ3n) is 2.90. The Balaban J connectivity index is 1.87. The monoisotopic (exact) mass is 301 g/mol. The molecule has 1 amide bonds. The number of halogens is 2. The van der Waals surface area contributed by atoms with Gasteiger partial charge in [-0.3, -0.25) is 4.79 Å². The minimum atomic E-state index is -0.660. The molecule has 6 heteroatoms. The fraction of sp³-hybridized carbons (Fsp3) is 0.385. The van der Waals surface area contributed by atoms with Crippen LogP contribution in [-0.4, -0.2) is 16.5 Å². The highest BCUT2D eigenvalue weighted by atomic mass is 35.5. The van der Waals surface area contributed by atoms with Crippen LogP contribution in [0.1, 0.15) is 36.0 Å². The van der Waals surface area contributed by atoms with E-state index in [9.17, 15) is 9.59 Å². The average molecular weight is 302 g/mol. The Morgan fingerprint density at radius 3 is 2.63 bits per heavy atom. The van der Waals surface area contributed by atoms with Crippen LogP contribution in [0.4, 0.5) is 0 Å². The Morgan fingerprint density at radius 2 is 2.00 bits per heavy atom. The lowest BCUT2D eigenvalue weighted by Gasteiger charge is -2.13. The predicted octanol–water partition coefficient (Wildman–Crippen LogP) is 3.58. The second kappa shape index (κ2) is 6.26. The van der Waals surface area contributed by atoms with E-state index in [0.717, 1.165) is 19.3 Å². The van der Waals surface area contributed by atoms with Gasteiger partial charge in [-0.1, -0.05) is 41.2 Å². The largest absolute Gasteiger partial charge is 0.334 e. The van der Waals surface area contributed by atoms with Crippen molar-refractivity contribution in [1.82, 2.24) is 4.58 Å². The molecule has 0 N–H and O–H groups in total. The van der Waals surface area contributed by atoms with E-state index in [-0.39, 0.29) is 17.0 Å².